The van der Waals surface area contributed by atoms with Crippen molar-refractivity contribution in [1.82, 2.24) is 35.0 Å². The van der Waals surface area contributed by atoms with Crippen molar-refractivity contribution in [3.8, 4) is 6.07 Å². The molecule has 3 aromatic carbocycles. The van der Waals surface area contributed by atoms with Gasteiger partial charge < -0.3 is 50.9 Å². The number of carbonyl (C=O) groups is 11. The SMILES string of the molecule is CCC(=O)C1(NC(=O)C(=O)c2c(C)c(C(=O)Nc3cccc(C(C)F)c3)n3c2CCC3)CC(F)(F)C1.CNC(=O)C(C)(C)NC(=O)C(=O)c1c(C)c(C(=O)Nc2ccc(C)c(C(F)F)c2)n2c1CCC2.Cc1ccc(NC(=O)c2c(C)c(C(=O)C(=O)NC34CC(C#N)(C3)C4)c3n2CCC3)cc1F. The third-order valence-corrected chi connectivity index (χ3v) is 20.2. The largest absolute Gasteiger partial charge is 0.357 e. The summed E-state index contributed by atoms with van der Waals surface area (Å²) in [6, 6.07) is 17.4. The molecule has 3 aliphatic heterocycles. The number of amides is 7. The van der Waals surface area contributed by atoms with Crippen LogP contribution in [0, 0.1) is 57.2 Å². The molecule has 2 bridgehead atoms. The maximum atomic E-state index is 13.9. The molecule has 1 atom stereocenters. The van der Waals surface area contributed by atoms with Crippen LogP contribution in [0.2, 0.25) is 0 Å². The van der Waals surface area contributed by atoms with Crippen LogP contribution >= 0.6 is 0 Å². The number of aryl methyl sites for hydroxylation is 2. The first kappa shape index (κ1) is 74.2. The zero-order chi connectivity index (χ0) is 74.6. The number of alkyl halides is 5. The molecular formula is C74H79F6N11O11. The van der Waals surface area contributed by atoms with Gasteiger partial charge in [0.05, 0.1) is 28.2 Å². The number of benzene rings is 3. The second kappa shape index (κ2) is 28.2. The predicted octanol–water partition coefficient (Wildman–Crippen LogP) is 10.7. The van der Waals surface area contributed by atoms with Crippen molar-refractivity contribution in [1.29, 1.82) is 5.26 Å². The molecule has 538 valence electrons. The molecule has 1 unspecified atom stereocenters. The van der Waals surface area contributed by atoms with E-state index in [4.69, 9.17) is 5.26 Å². The van der Waals surface area contributed by atoms with Gasteiger partial charge >= 0.3 is 0 Å². The number of halogens is 6. The molecule has 4 saturated carbocycles. The van der Waals surface area contributed by atoms with Gasteiger partial charge in [0.2, 0.25) is 5.91 Å². The molecule has 4 fully saturated rings. The van der Waals surface area contributed by atoms with Gasteiger partial charge in [-0.1, -0.05) is 31.2 Å². The molecule has 7 aliphatic rings. The quantitative estimate of drug-likeness (QED) is 0.0213. The fourth-order valence-electron chi connectivity index (χ4n) is 15.2. The van der Waals surface area contributed by atoms with Crippen molar-refractivity contribution < 1.29 is 79.1 Å². The number of rotatable bonds is 20. The van der Waals surface area contributed by atoms with E-state index < -0.39 is 118 Å². The van der Waals surface area contributed by atoms with E-state index in [1.807, 2.05) is 0 Å². The fourth-order valence-corrected chi connectivity index (χ4v) is 15.2. The van der Waals surface area contributed by atoms with Gasteiger partial charge in [-0.15, -0.1) is 0 Å². The highest BCUT2D eigenvalue weighted by atomic mass is 19.3. The Hall–Kier alpha value is -10.5. The van der Waals surface area contributed by atoms with Crippen LogP contribution in [0.25, 0.3) is 0 Å². The number of nitriles is 1. The fraction of sp³-hybridized carbons (Fsp3) is 0.432. The van der Waals surface area contributed by atoms with Crippen molar-refractivity contribution >= 4 is 81.5 Å². The average molecular weight is 1410 g/mol. The first-order valence-electron chi connectivity index (χ1n) is 33.6. The molecule has 4 aliphatic carbocycles. The Morgan fingerprint density at radius 3 is 1.43 bits per heavy atom. The van der Waals surface area contributed by atoms with Crippen molar-refractivity contribution in [3.05, 3.63) is 156 Å². The van der Waals surface area contributed by atoms with Crippen LogP contribution in [0.1, 0.15) is 217 Å². The lowest BCUT2D eigenvalue weighted by molar-refractivity contribution is -0.163. The highest BCUT2D eigenvalue weighted by molar-refractivity contribution is 6.45. The van der Waals surface area contributed by atoms with Gasteiger partial charge in [0.1, 0.15) is 40.1 Å². The summed E-state index contributed by atoms with van der Waals surface area (Å²) >= 11 is 0. The van der Waals surface area contributed by atoms with Gasteiger partial charge in [-0.25, -0.2) is 26.3 Å². The van der Waals surface area contributed by atoms with Gasteiger partial charge in [0.15, 0.2) is 5.78 Å². The Kier molecular flexibility index (Phi) is 20.5. The van der Waals surface area contributed by atoms with E-state index in [-0.39, 0.29) is 56.7 Å². The number of anilines is 3. The van der Waals surface area contributed by atoms with E-state index >= 15 is 0 Å². The zero-order valence-corrected chi connectivity index (χ0v) is 58.1. The molecule has 6 heterocycles. The van der Waals surface area contributed by atoms with E-state index in [0.717, 1.165) is 6.42 Å². The topological polar surface area (TPSA) is 311 Å². The lowest BCUT2D eigenvalue weighted by atomic mass is 9.40. The minimum Gasteiger partial charge on any atom is -0.357 e. The lowest BCUT2D eigenvalue weighted by Crippen LogP contribution is -2.74. The molecule has 0 radical (unpaired) electrons. The van der Waals surface area contributed by atoms with Crippen LogP contribution in [0.5, 0.6) is 0 Å². The van der Waals surface area contributed by atoms with E-state index in [1.165, 1.54) is 65.1 Å². The number of hydrogen-bond donors (Lipinski definition) is 7. The first-order chi connectivity index (χ1) is 47.9. The Labute approximate surface area is 583 Å². The van der Waals surface area contributed by atoms with Crippen LogP contribution in [0.15, 0.2) is 60.7 Å². The van der Waals surface area contributed by atoms with Crippen LogP contribution in [-0.2, 0) is 62.9 Å². The standard InChI is InChI=1S/C26H28F3N3O4.C24H28F2N4O4.C24H23FN4O3/c1-4-19(33)25(12-26(28,29)13-25)31-24(36)22(34)20-14(2)21(32-10-6-9-18(20)32)23(35)30-17-8-5-7-16(11-17)15(3)27;1-12-8-9-14(11-15(12)20(25)26)28-21(32)18-13(2)17(16-7-6-10-30(16)18)19(31)22(33)29-24(3,4)23(34)27-5;1-13-5-6-15(8-16(13)25)27-21(31)19-14(2)18(17-4-3-7-29(17)19)20(30)22(32)28-24-9-23(10-24,11-24)12-26/h5,7-8,11,15H,4,6,9-10,12-13H2,1-3H3,(H,30,35)(H,31,36);8-9,11,20H,6-7,10H2,1-5H3,(H,27,34)(H,28,32)(H,29,33);5-6,8H,3-4,7,9-11H2,1-2H3,(H,27,31)(H,28,32). The molecule has 0 saturated heterocycles. The number of fused-ring (bicyclic) bond motifs is 3. The first-order valence-corrected chi connectivity index (χ1v) is 33.6. The highest BCUT2D eigenvalue weighted by Gasteiger charge is 2.69. The van der Waals surface area contributed by atoms with Gasteiger partial charge in [0.25, 0.3) is 65.1 Å². The number of hydrogen-bond acceptors (Lipinski definition) is 12. The van der Waals surface area contributed by atoms with Crippen LogP contribution in [0.4, 0.5) is 43.4 Å². The molecular weight excluding hydrogens is 1330 g/mol. The molecule has 22 nitrogen and oxygen atoms in total. The molecule has 3 aromatic heterocycles. The highest BCUT2D eigenvalue weighted by Crippen LogP contribution is 2.66. The van der Waals surface area contributed by atoms with Gasteiger partial charge in [0, 0.05) is 91.2 Å². The Morgan fingerprint density at radius 2 is 1.02 bits per heavy atom. The summed E-state index contributed by atoms with van der Waals surface area (Å²) in [4.78, 5) is 142. The van der Waals surface area contributed by atoms with E-state index in [9.17, 15) is 79.1 Å². The lowest BCUT2D eigenvalue weighted by Gasteiger charge is -2.66. The number of likely N-dealkylation sites (N-methyl/N-ethyl adjacent to an activating group) is 1. The monoisotopic (exact) mass is 1410 g/mol. The molecule has 7 amide bonds. The zero-order valence-electron chi connectivity index (χ0n) is 58.1. The number of nitrogens with one attached hydrogen (secondary N) is 7. The molecule has 7 N–H and O–H groups in total. The summed E-state index contributed by atoms with van der Waals surface area (Å²) in [6.45, 7) is 15.3. The minimum absolute atomic E-state index is 0.0477. The van der Waals surface area contributed by atoms with Crippen LogP contribution in [-0.4, -0.2) is 108 Å². The summed E-state index contributed by atoms with van der Waals surface area (Å²) in [6.07, 6.45) is -0.233. The molecule has 0 spiro atoms. The molecule has 28 heteroatoms. The van der Waals surface area contributed by atoms with Crippen LogP contribution < -0.4 is 37.2 Å². The second-order valence-electron chi connectivity index (χ2n) is 27.9. The van der Waals surface area contributed by atoms with Gasteiger partial charge in [-0.2, -0.15) is 5.26 Å². The van der Waals surface area contributed by atoms with Crippen molar-refractivity contribution in [3.63, 3.8) is 0 Å². The Morgan fingerprint density at radius 1 is 0.588 bits per heavy atom. The summed E-state index contributed by atoms with van der Waals surface area (Å²) in [5.41, 5.74) is 2.19. The van der Waals surface area contributed by atoms with Crippen molar-refractivity contribution in [2.75, 3.05) is 23.0 Å². The number of Topliss-reactive ketones (excluding diaryl/α,β-unsaturated/α-hetero) is 4. The van der Waals surface area contributed by atoms with Crippen LogP contribution in [0.3, 0.4) is 0 Å². The molecule has 102 heavy (non-hydrogen) atoms. The van der Waals surface area contributed by atoms with E-state index in [1.54, 1.807) is 78.7 Å². The summed E-state index contributed by atoms with van der Waals surface area (Å²) in [5, 5.41) is 27.2. The van der Waals surface area contributed by atoms with E-state index in [2.05, 4.69) is 43.3 Å². The third kappa shape index (κ3) is 14.0. The predicted molar refractivity (Wildman–Crippen MR) is 362 cm³/mol. The Bertz CT molecular complexity index is 4580. The smallest absolute Gasteiger partial charge is 0.293 e. The molecule has 13 rings (SSSR count). The minimum atomic E-state index is -3.09. The summed E-state index contributed by atoms with van der Waals surface area (Å²) in [5.74, 6) is -11.3. The number of ketones is 4. The maximum Gasteiger partial charge on any atom is 0.293 e. The third-order valence-electron chi connectivity index (χ3n) is 20.2. The number of nitrogens with zero attached hydrogens (tertiary/aromatic N) is 4. The normalized spacial score (nSPS) is 18.4. The van der Waals surface area contributed by atoms with Crippen molar-refractivity contribution in [2.24, 2.45) is 5.41 Å². The van der Waals surface area contributed by atoms with Crippen molar-refractivity contribution in [2.45, 2.75) is 194 Å². The second-order valence-corrected chi connectivity index (χ2v) is 27.9. The molecule has 6 aromatic rings. The number of carbonyl (C=O) groups excluding carboxylic acids is 11. The average Bonchev–Trinajstić information content (AvgIpc) is 0.989. The van der Waals surface area contributed by atoms with E-state index in [0.29, 0.717) is 133 Å². The van der Waals surface area contributed by atoms with Gasteiger partial charge in [-0.3, -0.25) is 52.7 Å². The summed E-state index contributed by atoms with van der Waals surface area (Å²) < 4.78 is 86.5. The maximum absolute atomic E-state index is 13.9. The number of aromatic nitrogens is 3. The summed E-state index contributed by atoms with van der Waals surface area (Å²) in [7, 11) is 1.42. The Balaban J connectivity index is 0.000000165. The van der Waals surface area contributed by atoms with Gasteiger partial charge in [-0.05, 0) is 183 Å².